The summed E-state index contributed by atoms with van der Waals surface area (Å²) in [5.41, 5.74) is 5.38. The van der Waals surface area contributed by atoms with Crippen molar-refractivity contribution in [2.45, 2.75) is 11.8 Å². The van der Waals surface area contributed by atoms with Gasteiger partial charge in [0.2, 0.25) is 0 Å². The van der Waals surface area contributed by atoms with E-state index in [1.165, 1.54) is 0 Å². The van der Waals surface area contributed by atoms with Crippen LogP contribution >= 0.6 is 11.8 Å². The molecule has 0 saturated heterocycles. The van der Waals surface area contributed by atoms with Gasteiger partial charge in [-0.15, -0.1) is 11.8 Å². The van der Waals surface area contributed by atoms with Gasteiger partial charge in [0.15, 0.2) is 5.88 Å². The zero-order valence-electron chi connectivity index (χ0n) is 5.47. The van der Waals surface area contributed by atoms with Crippen LogP contribution in [0.25, 0.3) is 0 Å². The number of rotatable bonds is 1. The number of nitrogens with two attached hydrogens (primary N) is 1. The van der Waals surface area contributed by atoms with E-state index < -0.39 is 0 Å². The zero-order valence-corrected chi connectivity index (χ0v) is 6.29. The Balaban J connectivity index is 3.01. The van der Waals surface area contributed by atoms with E-state index in [0.29, 0.717) is 5.88 Å². The molecule has 0 atom stereocenters. The molecule has 2 N–H and O–H groups in total. The van der Waals surface area contributed by atoms with E-state index in [-0.39, 0.29) is 0 Å². The second-order valence-electron chi connectivity index (χ2n) is 1.77. The zero-order chi connectivity index (χ0) is 6.85. The first-order valence-electron chi connectivity index (χ1n) is 2.64. The highest BCUT2D eigenvalue weighted by molar-refractivity contribution is 7.98. The molecule has 0 spiro atoms. The second-order valence-corrected chi connectivity index (χ2v) is 2.62. The SMILES string of the molecule is CSc1cc(N)oc1C. The molecule has 0 aromatic carbocycles. The van der Waals surface area contributed by atoms with E-state index in [0.717, 1.165) is 10.7 Å². The Morgan fingerprint density at radius 3 is 2.56 bits per heavy atom. The first kappa shape index (κ1) is 6.55. The Labute approximate surface area is 58.4 Å². The van der Waals surface area contributed by atoms with Crippen molar-refractivity contribution in [3.05, 3.63) is 11.8 Å². The molecule has 0 aliphatic rings. The highest BCUT2D eigenvalue weighted by Crippen LogP contribution is 2.24. The number of nitrogen functional groups attached to an aromatic ring is 1. The van der Waals surface area contributed by atoms with Crippen molar-refractivity contribution in [3.8, 4) is 0 Å². The van der Waals surface area contributed by atoms with E-state index in [1.807, 2.05) is 19.2 Å². The highest BCUT2D eigenvalue weighted by Gasteiger charge is 2.01. The summed E-state index contributed by atoms with van der Waals surface area (Å²) >= 11 is 1.64. The molecule has 50 valence electrons. The van der Waals surface area contributed by atoms with Crippen LogP contribution in [0.2, 0.25) is 0 Å². The maximum Gasteiger partial charge on any atom is 0.191 e. The molecule has 0 aliphatic heterocycles. The van der Waals surface area contributed by atoms with E-state index in [9.17, 15) is 0 Å². The molecule has 1 aromatic heterocycles. The summed E-state index contributed by atoms with van der Waals surface area (Å²) in [5, 5.41) is 0. The van der Waals surface area contributed by atoms with Gasteiger partial charge < -0.3 is 10.2 Å². The van der Waals surface area contributed by atoms with Gasteiger partial charge in [-0.3, -0.25) is 0 Å². The molecule has 3 heteroatoms. The van der Waals surface area contributed by atoms with Crippen molar-refractivity contribution >= 4 is 17.6 Å². The van der Waals surface area contributed by atoms with E-state index in [2.05, 4.69) is 0 Å². The Hall–Kier alpha value is -0.570. The Bertz CT molecular complexity index is 207. The van der Waals surface area contributed by atoms with Gasteiger partial charge in [0.1, 0.15) is 5.76 Å². The molecule has 0 aliphatic carbocycles. The molecule has 1 heterocycles. The van der Waals surface area contributed by atoms with Crippen LogP contribution < -0.4 is 5.73 Å². The van der Waals surface area contributed by atoms with E-state index in [4.69, 9.17) is 10.2 Å². The molecule has 0 bridgehead atoms. The lowest BCUT2D eigenvalue weighted by molar-refractivity contribution is 0.545. The maximum absolute atomic E-state index is 5.38. The maximum atomic E-state index is 5.38. The van der Waals surface area contributed by atoms with Gasteiger partial charge in [-0.05, 0) is 13.2 Å². The lowest BCUT2D eigenvalue weighted by Crippen LogP contribution is -1.75. The molecular formula is C6H9NOS. The molecule has 0 radical (unpaired) electrons. The predicted octanol–water partition coefficient (Wildman–Crippen LogP) is 1.89. The fraction of sp³-hybridized carbons (Fsp3) is 0.333. The Kier molecular flexibility index (Phi) is 1.71. The number of furan rings is 1. The molecule has 0 saturated carbocycles. The smallest absolute Gasteiger partial charge is 0.191 e. The summed E-state index contributed by atoms with van der Waals surface area (Å²) in [4.78, 5) is 1.12. The third-order valence-corrected chi connectivity index (χ3v) is 1.96. The van der Waals surface area contributed by atoms with Crippen molar-refractivity contribution in [3.63, 3.8) is 0 Å². The van der Waals surface area contributed by atoms with Crippen molar-refractivity contribution in [2.75, 3.05) is 12.0 Å². The van der Waals surface area contributed by atoms with Gasteiger partial charge in [-0.1, -0.05) is 0 Å². The molecule has 2 nitrogen and oxygen atoms in total. The molecule has 0 unspecified atom stereocenters. The first-order chi connectivity index (χ1) is 4.24. The van der Waals surface area contributed by atoms with Crippen LogP contribution in [0.5, 0.6) is 0 Å². The standard InChI is InChI=1S/C6H9NOS/c1-4-5(9-2)3-6(7)8-4/h3H,7H2,1-2H3. The van der Waals surface area contributed by atoms with Crippen LogP contribution in [0, 0.1) is 6.92 Å². The van der Waals surface area contributed by atoms with E-state index in [1.54, 1.807) is 11.8 Å². The largest absolute Gasteiger partial charge is 0.445 e. The van der Waals surface area contributed by atoms with Crippen molar-refractivity contribution in [1.29, 1.82) is 0 Å². The van der Waals surface area contributed by atoms with Gasteiger partial charge in [-0.2, -0.15) is 0 Å². The van der Waals surface area contributed by atoms with Crippen molar-refractivity contribution in [1.82, 2.24) is 0 Å². The summed E-state index contributed by atoms with van der Waals surface area (Å²) in [6, 6.07) is 1.83. The Morgan fingerprint density at radius 2 is 2.33 bits per heavy atom. The predicted molar refractivity (Wildman–Crippen MR) is 39.6 cm³/mol. The average molecular weight is 143 g/mol. The van der Waals surface area contributed by atoms with Crippen LogP contribution in [0.15, 0.2) is 15.4 Å². The molecular weight excluding hydrogens is 134 g/mol. The van der Waals surface area contributed by atoms with Gasteiger partial charge in [-0.25, -0.2) is 0 Å². The quantitative estimate of drug-likeness (QED) is 0.610. The lowest BCUT2D eigenvalue weighted by atomic mass is 10.5. The minimum Gasteiger partial charge on any atom is -0.445 e. The van der Waals surface area contributed by atoms with Crippen molar-refractivity contribution < 1.29 is 4.42 Å². The summed E-state index contributed by atoms with van der Waals surface area (Å²) < 4.78 is 5.06. The second kappa shape index (κ2) is 2.35. The number of hydrogen-bond donors (Lipinski definition) is 1. The fourth-order valence-corrected chi connectivity index (χ4v) is 1.25. The van der Waals surface area contributed by atoms with Gasteiger partial charge in [0.25, 0.3) is 0 Å². The number of aryl methyl sites for hydroxylation is 1. The molecule has 9 heavy (non-hydrogen) atoms. The van der Waals surface area contributed by atoms with Crippen LogP contribution in [-0.4, -0.2) is 6.26 Å². The molecule has 1 rings (SSSR count). The summed E-state index contributed by atoms with van der Waals surface area (Å²) in [6.45, 7) is 1.90. The van der Waals surface area contributed by atoms with Gasteiger partial charge >= 0.3 is 0 Å². The summed E-state index contributed by atoms with van der Waals surface area (Å²) in [7, 11) is 0. The topological polar surface area (TPSA) is 39.2 Å². The average Bonchev–Trinajstić information content (AvgIpc) is 2.10. The number of thioether (sulfide) groups is 1. The molecule has 1 aromatic rings. The van der Waals surface area contributed by atoms with Gasteiger partial charge in [0, 0.05) is 6.07 Å². The van der Waals surface area contributed by atoms with Crippen LogP contribution in [0.4, 0.5) is 5.88 Å². The van der Waals surface area contributed by atoms with Crippen LogP contribution in [0.3, 0.4) is 0 Å². The normalized spacial score (nSPS) is 10.0. The number of anilines is 1. The minimum atomic E-state index is 0.497. The Morgan fingerprint density at radius 1 is 1.67 bits per heavy atom. The van der Waals surface area contributed by atoms with Gasteiger partial charge in [0.05, 0.1) is 4.90 Å². The lowest BCUT2D eigenvalue weighted by Gasteiger charge is -1.85. The number of hydrogen-bond acceptors (Lipinski definition) is 3. The molecule has 0 fully saturated rings. The van der Waals surface area contributed by atoms with E-state index >= 15 is 0 Å². The monoisotopic (exact) mass is 143 g/mol. The summed E-state index contributed by atoms with van der Waals surface area (Å²) in [6.07, 6.45) is 2.00. The third kappa shape index (κ3) is 1.21. The fourth-order valence-electron chi connectivity index (χ4n) is 0.690. The van der Waals surface area contributed by atoms with Crippen molar-refractivity contribution in [2.24, 2.45) is 0 Å². The van der Waals surface area contributed by atoms with Crippen LogP contribution in [-0.2, 0) is 0 Å². The minimum absolute atomic E-state index is 0.497. The highest BCUT2D eigenvalue weighted by atomic mass is 32.2. The molecule has 0 amide bonds. The third-order valence-electron chi connectivity index (χ3n) is 1.11. The first-order valence-corrected chi connectivity index (χ1v) is 3.86. The van der Waals surface area contributed by atoms with Crippen LogP contribution in [0.1, 0.15) is 5.76 Å². The summed E-state index contributed by atoms with van der Waals surface area (Å²) in [5.74, 6) is 1.40.